The van der Waals surface area contributed by atoms with E-state index in [1.807, 2.05) is 6.07 Å². The molecule has 2 N–H and O–H groups in total. The van der Waals surface area contributed by atoms with Crippen molar-refractivity contribution < 1.29 is 14.3 Å². The largest absolute Gasteiger partial charge is 0.481 e. The van der Waals surface area contributed by atoms with Gasteiger partial charge in [0, 0.05) is 31.5 Å². The molecule has 2 aromatic heterocycles. The Labute approximate surface area is 153 Å². The summed E-state index contributed by atoms with van der Waals surface area (Å²) in [5, 5.41) is 6.32. The van der Waals surface area contributed by atoms with Gasteiger partial charge in [-0.25, -0.2) is 14.8 Å². The summed E-state index contributed by atoms with van der Waals surface area (Å²) in [6.07, 6.45) is 5.28. The number of methoxy groups -OCH3 is 1. The van der Waals surface area contributed by atoms with E-state index in [2.05, 4.69) is 32.5 Å². The zero-order valence-electron chi connectivity index (χ0n) is 15.4. The Balaban J connectivity index is 2.14. The minimum atomic E-state index is -0.456. The summed E-state index contributed by atoms with van der Waals surface area (Å²) < 4.78 is 10.1. The van der Waals surface area contributed by atoms with Gasteiger partial charge in [0.2, 0.25) is 11.8 Å². The number of carbonyl (C=O) groups excluding carboxylic acids is 1. The first-order valence-corrected chi connectivity index (χ1v) is 8.68. The maximum Gasteiger partial charge on any atom is 0.343 e. The van der Waals surface area contributed by atoms with Gasteiger partial charge in [0.15, 0.2) is 0 Å². The van der Waals surface area contributed by atoms with Gasteiger partial charge < -0.3 is 20.1 Å². The molecule has 0 aliphatic heterocycles. The second-order valence-corrected chi connectivity index (χ2v) is 5.52. The first kappa shape index (κ1) is 19.4. The Hall–Kier alpha value is -2.90. The van der Waals surface area contributed by atoms with E-state index < -0.39 is 5.97 Å². The van der Waals surface area contributed by atoms with Crippen LogP contribution in [-0.2, 0) is 11.3 Å². The molecule has 0 fully saturated rings. The lowest BCUT2D eigenvalue weighted by Crippen LogP contribution is -2.14. The molecule has 8 heteroatoms. The van der Waals surface area contributed by atoms with Crippen LogP contribution in [0.25, 0.3) is 0 Å². The van der Waals surface area contributed by atoms with Gasteiger partial charge in [-0.2, -0.15) is 4.98 Å². The highest BCUT2D eigenvalue weighted by atomic mass is 16.5. The van der Waals surface area contributed by atoms with Crippen LogP contribution in [0.3, 0.4) is 0 Å². The fraction of sp³-hybridized carbons (Fsp3) is 0.444. The summed E-state index contributed by atoms with van der Waals surface area (Å²) in [5.41, 5.74) is 1.23. The lowest BCUT2D eigenvalue weighted by Gasteiger charge is -2.12. The molecule has 0 saturated heterocycles. The average molecular weight is 359 g/mol. The minimum Gasteiger partial charge on any atom is -0.481 e. The highest BCUT2D eigenvalue weighted by Gasteiger charge is 2.16. The van der Waals surface area contributed by atoms with E-state index in [-0.39, 0.29) is 6.61 Å². The van der Waals surface area contributed by atoms with Crippen molar-refractivity contribution >= 4 is 17.7 Å². The first-order chi connectivity index (χ1) is 12.7. The van der Waals surface area contributed by atoms with Gasteiger partial charge in [-0.3, -0.25) is 0 Å². The van der Waals surface area contributed by atoms with E-state index in [1.165, 1.54) is 6.20 Å². The Morgan fingerprint density at radius 3 is 2.65 bits per heavy atom. The number of unbranched alkanes of at least 4 members (excludes halogenated alkanes) is 1. The number of rotatable bonds is 10. The number of esters is 1. The second-order valence-electron chi connectivity index (χ2n) is 5.52. The van der Waals surface area contributed by atoms with Crippen molar-refractivity contribution in [3.63, 3.8) is 0 Å². The molecule has 8 nitrogen and oxygen atoms in total. The smallest absolute Gasteiger partial charge is 0.343 e. The Bertz CT molecular complexity index is 706. The fourth-order valence-electron chi connectivity index (χ4n) is 2.16. The van der Waals surface area contributed by atoms with Gasteiger partial charge in [-0.15, -0.1) is 0 Å². The summed E-state index contributed by atoms with van der Waals surface area (Å²) >= 11 is 0. The molecule has 0 atom stereocenters. The second kappa shape index (κ2) is 10.2. The third kappa shape index (κ3) is 5.58. The number of nitrogens with one attached hydrogen (secondary N) is 2. The zero-order chi connectivity index (χ0) is 18.8. The summed E-state index contributed by atoms with van der Waals surface area (Å²) in [6.45, 7) is 5.39. The van der Waals surface area contributed by atoms with Gasteiger partial charge in [0.05, 0.1) is 13.7 Å². The quantitative estimate of drug-likeness (QED) is 0.493. The SMILES string of the molecule is CCCCNc1ncc(C(=O)OCC)c(NCc2ccc(OC)nc2)n1. The lowest BCUT2D eigenvalue weighted by atomic mass is 10.2. The molecule has 0 radical (unpaired) electrons. The Morgan fingerprint density at radius 2 is 2.00 bits per heavy atom. The van der Waals surface area contributed by atoms with E-state index in [9.17, 15) is 4.79 Å². The van der Waals surface area contributed by atoms with E-state index in [4.69, 9.17) is 9.47 Å². The Kier molecular flexibility index (Phi) is 7.60. The van der Waals surface area contributed by atoms with Crippen LogP contribution < -0.4 is 15.4 Å². The third-order valence-electron chi connectivity index (χ3n) is 3.56. The van der Waals surface area contributed by atoms with Crippen LogP contribution in [0.5, 0.6) is 5.88 Å². The van der Waals surface area contributed by atoms with Crippen LogP contribution in [0.1, 0.15) is 42.6 Å². The predicted octanol–water partition coefficient (Wildman–Crippen LogP) is 2.88. The number of anilines is 2. The van der Waals surface area contributed by atoms with Crippen LogP contribution in [-0.4, -0.2) is 41.2 Å². The highest BCUT2D eigenvalue weighted by molar-refractivity contribution is 5.94. The van der Waals surface area contributed by atoms with E-state index in [0.29, 0.717) is 29.8 Å². The molecule has 0 unspecified atom stereocenters. The zero-order valence-corrected chi connectivity index (χ0v) is 15.4. The van der Waals surface area contributed by atoms with Crippen molar-refractivity contribution in [3.8, 4) is 5.88 Å². The first-order valence-electron chi connectivity index (χ1n) is 8.68. The van der Waals surface area contributed by atoms with Crippen molar-refractivity contribution in [2.45, 2.75) is 33.2 Å². The monoisotopic (exact) mass is 359 g/mol. The van der Waals surface area contributed by atoms with Gasteiger partial charge in [0.1, 0.15) is 11.4 Å². The maximum atomic E-state index is 12.1. The van der Waals surface area contributed by atoms with Crippen molar-refractivity contribution in [2.24, 2.45) is 0 Å². The summed E-state index contributed by atoms with van der Waals surface area (Å²) in [5.74, 6) is 0.989. The van der Waals surface area contributed by atoms with Gasteiger partial charge in [-0.1, -0.05) is 19.4 Å². The highest BCUT2D eigenvalue weighted by Crippen LogP contribution is 2.17. The fourth-order valence-corrected chi connectivity index (χ4v) is 2.16. The number of aromatic nitrogens is 3. The van der Waals surface area contributed by atoms with Crippen LogP contribution in [0, 0.1) is 0 Å². The minimum absolute atomic E-state index is 0.289. The number of hydrogen-bond donors (Lipinski definition) is 2. The van der Waals surface area contributed by atoms with Crippen molar-refractivity contribution in [3.05, 3.63) is 35.7 Å². The topological polar surface area (TPSA) is 98.3 Å². The van der Waals surface area contributed by atoms with E-state index in [1.54, 1.807) is 26.3 Å². The van der Waals surface area contributed by atoms with Gasteiger partial charge in [0.25, 0.3) is 0 Å². The molecule has 0 aliphatic carbocycles. The molecule has 140 valence electrons. The van der Waals surface area contributed by atoms with Crippen LogP contribution in [0.15, 0.2) is 24.5 Å². The van der Waals surface area contributed by atoms with E-state index >= 15 is 0 Å². The maximum absolute atomic E-state index is 12.1. The predicted molar refractivity (Wildman–Crippen MR) is 99.5 cm³/mol. The summed E-state index contributed by atoms with van der Waals surface area (Å²) in [7, 11) is 1.57. The van der Waals surface area contributed by atoms with E-state index in [0.717, 1.165) is 24.9 Å². The van der Waals surface area contributed by atoms with Crippen LogP contribution in [0.2, 0.25) is 0 Å². The van der Waals surface area contributed by atoms with Gasteiger partial charge >= 0.3 is 5.97 Å². The summed E-state index contributed by atoms with van der Waals surface area (Å²) in [6, 6.07) is 3.67. The van der Waals surface area contributed by atoms with Crippen molar-refractivity contribution in [1.82, 2.24) is 15.0 Å². The third-order valence-corrected chi connectivity index (χ3v) is 3.56. The molecule has 0 spiro atoms. The molecular weight excluding hydrogens is 334 g/mol. The Morgan fingerprint density at radius 1 is 1.15 bits per heavy atom. The van der Waals surface area contributed by atoms with Crippen molar-refractivity contribution in [1.29, 1.82) is 0 Å². The lowest BCUT2D eigenvalue weighted by molar-refractivity contribution is 0.0526. The molecule has 0 amide bonds. The molecule has 0 saturated carbocycles. The van der Waals surface area contributed by atoms with Crippen LogP contribution >= 0.6 is 0 Å². The molecule has 0 aromatic carbocycles. The average Bonchev–Trinajstić information content (AvgIpc) is 2.67. The van der Waals surface area contributed by atoms with Crippen molar-refractivity contribution in [2.75, 3.05) is 30.9 Å². The summed E-state index contributed by atoms with van der Waals surface area (Å²) in [4.78, 5) is 24.9. The molecule has 2 rings (SSSR count). The number of hydrogen-bond acceptors (Lipinski definition) is 8. The number of ether oxygens (including phenoxy) is 2. The van der Waals surface area contributed by atoms with Crippen LogP contribution in [0.4, 0.5) is 11.8 Å². The van der Waals surface area contributed by atoms with Gasteiger partial charge in [-0.05, 0) is 18.9 Å². The number of pyridine rings is 1. The molecule has 2 heterocycles. The molecular formula is C18H25N5O3. The molecule has 0 aliphatic rings. The number of carbonyl (C=O) groups is 1. The molecule has 0 bridgehead atoms. The molecule has 26 heavy (non-hydrogen) atoms. The standard InChI is InChI=1S/C18H25N5O3/c1-4-6-9-19-18-22-12-14(17(24)26-5-2)16(23-18)21-11-13-7-8-15(25-3)20-10-13/h7-8,10,12H,4-6,9,11H2,1-3H3,(H2,19,21,22,23). The molecule has 2 aromatic rings. The normalized spacial score (nSPS) is 10.3. The number of nitrogens with zero attached hydrogens (tertiary/aromatic N) is 3.